The standard InChI is InChI=1S/C31H41NO5/c1-5-6-7-8-9-10-11-23-12-15-27(16-13-23)36-22-26(34)20-32-19-25(21-33)28-18-24(14-17-29(28)32)30(35)37-31(2,3)4/h12-19,21,26,34H,5-11,20,22H2,1-4H3. The summed E-state index contributed by atoms with van der Waals surface area (Å²) in [5.41, 5.74) is 2.28. The number of aldehydes is 1. The van der Waals surface area contributed by atoms with Gasteiger partial charge in [0.15, 0.2) is 6.29 Å². The second-order valence-electron chi connectivity index (χ2n) is 10.7. The molecule has 0 saturated heterocycles. The lowest BCUT2D eigenvalue weighted by molar-refractivity contribution is 0.00695. The number of nitrogens with zero attached hydrogens (tertiary/aromatic N) is 1. The monoisotopic (exact) mass is 507 g/mol. The van der Waals surface area contributed by atoms with Crippen LogP contribution in [0.5, 0.6) is 5.75 Å². The van der Waals surface area contributed by atoms with E-state index in [-0.39, 0.29) is 13.2 Å². The van der Waals surface area contributed by atoms with E-state index >= 15 is 0 Å². The number of esters is 1. The van der Waals surface area contributed by atoms with E-state index in [4.69, 9.17) is 9.47 Å². The minimum Gasteiger partial charge on any atom is -0.491 e. The molecule has 6 heteroatoms. The lowest BCUT2D eigenvalue weighted by Crippen LogP contribution is -2.24. The summed E-state index contributed by atoms with van der Waals surface area (Å²) in [5.74, 6) is 0.282. The predicted octanol–water partition coefficient (Wildman–Crippen LogP) is 6.75. The molecule has 0 aliphatic heterocycles. The van der Waals surface area contributed by atoms with E-state index in [1.165, 1.54) is 44.1 Å². The van der Waals surface area contributed by atoms with Crippen molar-refractivity contribution in [1.29, 1.82) is 0 Å². The first-order valence-corrected chi connectivity index (χ1v) is 13.4. The molecule has 0 saturated carbocycles. The van der Waals surface area contributed by atoms with Crippen LogP contribution in [0.15, 0.2) is 48.7 Å². The highest BCUT2D eigenvalue weighted by molar-refractivity contribution is 6.02. The number of aliphatic hydroxyl groups is 1. The number of unbranched alkanes of at least 4 members (excludes halogenated alkanes) is 5. The van der Waals surface area contributed by atoms with Crippen LogP contribution in [0.1, 0.15) is 92.5 Å². The molecule has 37 heavy (non-hydrogen) atoms. The van der Waals surface area contributed by atoms with Crippen molar-refractivity contribution in [3.63, 3.8) is 0 Å². The van der Waals surface area contributed by atoms with E-state index in [2.05, 4.69) is 19.1 Å². The molecule has 1 aromatic heterocycles. The van der Waals surface area contributed by atoms with E-state index < -0.39 is 17.7 Å². The van der Waals surface area contributed by atoms with Crippen LogP contribution in [0.4, 0.5) is 0 Å². The number of carbonyl (C=O) groups excluding carboxylic acids is 2. The number of aryl methyl sites for hydroxylation is 1. The Bertz CT molecular complexity index is 1160. The Balaban J connectivity index is 1.55. The van der Waals surface area contributed by atoms with Gasteiger partial charge in [0.25, 0.3) is 0 Å². The average molecular weight is 508 g/mol. The molecule has 2 aromatic carbocycles. The minimum absolute atomic E-state index is 0.128. The van der Waals surface area contributed by atoms with Gasteiger partial charge in [0.05, 0.1) is 12.1 Å². The Kier molecular flexibility index (Phi) is 10.3. The van der Waals surface area contributed by atoms with Gasteiger partial charge in [0, 0.05) is 22.7 Å². The summed E-state index contributed by atoms with van der Waals surface area (Å²) in [7, 11) is 0. The number of ether oxygens (including phenoxy) is 2. The molecule has 0 aliphatic rings. The Hall–Kier alpha value is -3.12. The van der Waals surface area contributed by atoms with Crippen molar-refractivity contribution in [1.82, 2.24) is 4.57 Å². The number of rotatable bonds is 14. The first-order valence-electron chi connectivity index (χ1n) is 13.4. The van der Waals surface area contributed by atoms with E-state index in [1.54, 1.807) is 24.4 Å². The Morgan fingerprint density at radius 3 is 2.41 bits per heavy atom. The van der Waals surface area contributed by atoms with E-state index in [9.17, 15) is 14.7 Å². The van der Waals surface area contributed by atoms with Crippen LogP contribution in [-0.4, -0.2) is 40.2 Å². The quantitative estimate of drug-likeness (QED) is 0.148. The second kappa shape index (κ2) is 13.4. The van der Waals surface area contributed by atoms with Crippen molar-refractivity contribution < 1.29 is 24.2 Å². The van der Waals surface area contributed by atoms with Crippen molar-refractivity contribution in [2.45, 2.75) is 90.9 Å². The van der Waals surface area contributed by atoms with Crippen molar-refractivity contribution in [2.75, 3.05) is 6.61 Å². The number of fused-ring (bicyclic) bond motifs is 1. The molecule has 3 aromatic rings. The van der Waals surface area contributed by atoms with Gasteiger partial charge in [-0.1, -0.05) is 51.2 Å². The van der Waals surface area contributed by atoms with Crippen LogP contribution >= 0.6 is 0 Å². The summed E-state index contributed by atoms with van der Waals surface area (Å²) in [6.45, 7) is 8.05. The third-order valence-electron chi connectivity index (χ3n) is 6.27. The molecule has 6 nitrogen and oxygen atoms in total. The van der Waals surface area contributed by atoms with Crippen LogP contribution in [-0.2, 0) is 17.7 Å². The Labute approximate surface area is 220 Å². The van der Waals surface area contributed by atoms with Gasteiger partial charge in [-0.25, -0.2) is 4.79 Å². The summed E-state index contributed by atoms with van der Waals surface area (Å²) in [6.07, 6.45) is 10.5. The number of hydrogen-bond acceptors (Lipinski definition) is 5. The van der Waals surface area contributed by atoms with Gasteiger partial charge in [0.2, 0.25) is 0 Å². The summed E-state index contributed by atoms with van der Waals surface area (Å²) in [4.78, 5) is 24.1. The molecule has 0 bridgehead atoms. The Morgan fingerprint density at radius 1 is 1.03 bits per heavy atom. The first-order chi connectivity index (χ1) is 17.7. The van der Waals surface area contributed by atoms with Gasteiger partial charge in [-0.05, 0) is 69.5 Å². The second-order valence-corrected chi connectivity index (χ2v) is 10.7. The largest absolute Gasteiger partial charge is 0.491 e. The van der Waals surface area contributed by atoms with Gasteiger partial charge in [-0.15, -0.1) is 0 Å². The SMILES string of the molecule is CCCCCCCCc1ccc(OCC(O)Cn2cc(C=O)c3cc(C(=O)OC(C)(C)C)ccc32)cc1. The molecule has 1 heterocycles. The summed E-state index contributed by atoms with van der Waals surface area (Å²) in [6, 6.07) is 13.2. The normalized spacial score (nSPS) is 12.5. The van der Waals surface area contributed by atoms with Crippen molar-refractivity contribution in [2.24, 2.45) is 0 Å². The van der Waals surface area contributed by atoms with Crippen molar-refractivity contribution in [3.05, 3.63) is 65.4 Å². The van der Waals surface area contributed by atoms with Gasteiger partial charge < -0.3 is 19.1 Å². The number of benzene rings is 2. The van der Waals surface area contributed by atoms with E-state index in [0.29, 0.717) is 16.5 Å². The summed E-state index contributed by atoms with van der Waals surface area (Å²) in [5, 5.41) is 11.3. The van der Waals surface area contributed by atoms with Gasteiger partial charge in [-0.2, -0.15) is 0 Å². The van der Waals surface area contributed by atoms with Gasteiger partial charge in [0.1, 0.15) is 24.1 Å². The number of hydrogen-bond donors (Lipinski definition) is 1. The van der Waals surface area contributed by atoms with E-state index in [1.807, 2.05) is 37.5 Å². The predicted molar refractivity (Wildman–Crippen MR) is 148 cm³/mol. The maximum absolute atomic E-state index is 12.5. The van der Waals surface area contributed by atoms with Crippen molar-refractivity contribution >= 4 is 23.2 Å². The zero-order chi connectivity index (χ0) is 26.8. The average Bonchev–Trinajstić information content (AvgIpc) is 3.21. The third-order valence-corrected chi connectivity index (χ3v) is 6.27. The molecule has 3 rings (SSSR count). The smallest absolute Gasteiger partial charge is 0.338 e. The molecule has 0 aliphatic carbocycles. The molecule has 1 atom stereocenters. The lowest BCUT2D eigenvalue weighted by Gasteiger charge is -2.19. The fourth-order valence-corrected chi connectivity index (χ4v) is 4.37. The highest BCUT2D eigenvalue weighted by Crippen LogP contribution is 2.24. The zero-order valence-corrected chi connectivity index (χ0v) is 22.7. The van der Waals surface area contributed by atoms with Crippen LogP contribution in [0, 0.1) is 0 Å². The summed E-state index contributed by atoms with van der Waals surface area (Å²) < 4.78 is 13.1. The highest BCUT2D eigenvalue weighted by Gasteiger charge is 2.20. The van der Waals surface area contributed by atoms with Gasteiger partial charge >= 0.3 is 5.97 Å². The number of aromatic nitrogens is 1. The Morgan fingerprint density at radius 2 is 1.73 bits per heavy atom. The molecule has 1 N–H and O–H groups in total. The molecule has 0 amide bonds. The first kappa shape index (κ1) is 28.5. The zero-order valence-electron chi connectivity index (χ0n) is 22.7. The maximum Gasteiger partial charge on any atom is 0.338 e. The highest BCUT2D eigenvalue weighted by atomic mass is 16.6. The van der Waals surface area contributed by atoms with Crippen LogP contribution in [0.3, 0.4) is 0 Å². The van der Waals surface area contributed by atoms with Crippen molar-refractivity contribution in [3.8, 4) is 5.75 Å². The van der Waals surface area contributed by atoms with E-state index in [0.717, 1.165) is 24.0 Å². The lowest BCUT2D eigenvalue weighted by atomic mass is 10.0. The fourth-order valence-electron chi connectivity index (χ4n) is 4.37. The van der Waals surface area contributed by atoms with Crippen LogP contribution in [0.2, 0.25) is 0 Å². The summed E-state index contributed by atoms with van der Waals surface area (Å²) >= 11 is 0. The molecular weight excluding hydrogens is 466 g/mol. The molecule has 0 fully saturated rings. The van der Waals surface area contributed by atoms with Crippen LogP contribution in [0.25, 0.3) is 10.9 Å². The topological polar surface area (TPSA) is 77.8 Å². The minimum atomic E-state index is -0.775. The number of carbonyl (C=O) groups is 2. The maximum atomic E-state index is 12.5. The van der Waals surface area contributed by atoms with Crippen LogP contribution < -0.4 is 4.74 Å². The molecule has 1 unspecified atom stereocenters. The molecule has 200 valence electrons. The fraction of sp³-hybridized carbons (Fsp3) is 0.484. The number of aliphatic hydroxyl groups excluding tert-OH is 1. The third kappa shape index (κ3) is 8.74. The molecular formula is C31H41NO5. The molecule has 0 radical (unpaired) electrons. The molecule has 0 spiro atoms. The van der Waals surface area contributed by atoms with Gasteiger partial charge in [-0.3, -0.25) is 4.79 Å².